The number of allylic oxidation sites excluding steroid dienone is 1. The Kier molecular flexibility index (Phi) is 5.03. The van der Waals surface area contributed by atoms with Crippen molar-refractivity contribution in [1.29, 1.82) is 0 Å². The fraction of sp³-hybridized carbons (Fsp3) is 0.0588. The third-order valence-corrected chi connectivity index (χ3v) is 5.26. The molecule has 0 fully saturated rings. The van der Waals surface area contributed by atoms with Crippen molar-refractivity contribution < 1.29 is 13.6 Å². The maximum absolute atomic E-state index is 13.8. The lowest BCUT2D eigenvalue weighted by Gasteiger charge is -2.04. The lowest BCUT2D eigenvalue weighted by molar-refractivity contribution is 0.0990. The second-order valence-electron chi connectivity index (χ2n) is 5.01. The first-order valence-electron chi connectivity index (χ1n) is 7.05. The van der Waals surface area contributed by atoms with E-state index in [1.807, 2.05) is 0 Å². The highest BCUT2D eigenvalue weighted by atomic mass is 35.5. The van der Waals surface area contributed by atoms with Gasteiger partial charge < -0.3 is 4.57 Å². The van der Waals surface area contributed by atoms with Crippen LogP contribution in [0.4, 0.5) is 8.78 Å². The maximum Gasteiger partial charge on any atom is 0.285 e. The smallest absolute Gasteiger partial charge is 0.285 e. The van der Waals surface area contributed by atoms with Crippen LogP contribution in [0.15, 0.2) is 48.0 Å². The zero-order valence-electron chi connectivity index (χ0n) is 12.6. The van der Waals surface area contributed by atoms with E-state index < -0.39 is 23.1 Å². The Balaban J connectivity index is 2.26. The Labute approximate surface area is 155 Å². The third-order valence-electron chi connectivity index (χ3n) is 3.42. The monoisotopic (exact) mass is 398 g/mol. The molecule has 3 rings (SSSR count). The number of fused-ring (bicyclic) bond motifs is 1. The molecule has 0 aliphatic rings. The van der Waals surface area contributed by atoms with Gasteiger partial charge in [0.05, 0.1) is 20.3 Å². The van der Waals surface area contributed by atoms with Crippen LogP contribution >= 0.6 is 34.5 Å². The number of carbonyl (C=O) groups is 1. The Morgan fingerprint density at radius 1 is 1.24 bits per heavy atom. The highest BCUT2D eigenvalue weighted by molar-refractivity contribution is 7.16. The van der Waals surface area contributed by atoms with E-state index in [0.29, 0.717) is 22.1 Å². The van der Waals surface area contributed by atoms with Crippen molar-refractivity contribution in [3.63, 3.8) is 0 Å². The normalized spacial score (nSPS) is 11.9. The number of thiazole rings is 1. The number of amides is 1. The molecule has 3 aromatic rings. The van der Waals surface area contributed by atoms with Gasteiger partial charge in [0, 0.05) is 6.54 Å². The van der Waals surface area contributed by atoms with Crippen LogP contribution in [-0.4, -0.2) is 10.5 Å². The molecule has 0 spiro atoms. The largest absolute Gasteiger partial charge is 0.311 e. The van der Waals surface area contributed by atoms with Crippen molar-refractivity contribution in [3.05, 3.63) is 75.0 Å². The molecule has 0 radical (unpaired) electrons. The molecule has 0 saturated carbocycles. The summed E-state index contributed by atoms with van der Waals surface area (Å²) < 4.78 is 29.9. The van der Waals surface area contributed by atoms with E-state index >= 15 is 0 Å². The van der Waals surface area contributed by atoms with E-state index in [1.54, 1.807) is 22.8 Å². The fourth-order valence-corrected chi connectivity index (χ4v) is 3.85. The minimum absolute atomic E-state index is 0.242. The van der Waals surface area contributed by atoms with Crippen molar-refractivity contribution in [3.8, 4) is 0 Å². The van der Waals surface area contributed by atoms with Gasteiger partial charge in [0.1, 0.15) is 17.2 Å². The molecule has 1 amide bonds. The van der Waals surface area contributed by atoms with Crippen LogP contribution in [0.2, 0.25) is 10.0 Å². The van der Waals surface area contributed by atoms with E-state index in [9.17, 15) is 13.6 Å². The van der Waals surface area contributed by atoms with Gasteiger partial charge in [-0.25, -0.2) is 8.78 Å². The number of carbonyl (C=O) groups excluding carboxylic acids is 1. The van der Waals surface area contributed by atoms with Crippen LogP contribution in [0.25, 0.3) is 10.2 Å². The molecular formula is C17H10Cl2F2N2OS. The summed E-state index contributed by atoms with van der Waals surface area (Å²) in [6.45, 7) is 3.96. The first-order chi connectivity index (χ1) is 11.9. The van der Waals surface area contributed by atoms with Gasteiger partial charge in [-0.3, -0.25) is 4.79 Å². The molecule has 128 valence electrons. The molecule has 25 heavy (non-hydrogen) atoms. The minimum atomic E-state index is -1.01. The average Bonchev–Trinajstić information content (AvgIpc) is 2.89. The molecule has 0 unspecified atom stereocenters. The van der Waals surface area contributed by atoms with Crippen LogP contribution in [-0.2, 0) is 6.54 Å². The van der Waals surface area contributed by atoms with Crippen molar-refractivity contribution in [2.45, 2.75) is 6.54 Å². The summed E-state index contributed by atoms with van der Waals surface area (Å²) in [4.78, 5) is 16.4. The average molecular weight is 399 g/mol. The van der Waals surface area contributed by atoms with E-state index in [0.717, 1.165) is 28.2 Å². The summed E-state index contributed by atoms with van der Waals surface area (Å²) in [6, 6.07) is 6.56. The standard InChI is InChI=1S/C17H10Cl2F2N2OS/c1-2-8-23-15-12(7-6-9(18)14(15)19)25-17(23)22-16(24)13-10(20)4-3-5-11(13)21/h2-7H,1,8H2. The van der Waals surface area contributed by atoms with E-state index in [4.69, 9.17) is 23.2 Å². The van der Waals surface area contributed by atoms with Crippen LogP contribution in [0, 0.1) is 11.6 Å². The topological polar surface area (TPSA) is 34.4 Å². The van der Waals surface area contributed by atoms with Crippen LogP contribution in [0.3, 0.4) is 0 Å². The van der Waals surface area contributed by atoms with Crippen LogP contribution < -0.4 is 4.80 Å². The SMILES string of the molecule is C=CCn1c(=NC(=O)c2c(F)cccc2F)sc2ccc(Cl)c(Cl)c21. The number of aromatic nitrogens is 1. The van der Waals surface area contributed by atoms with Gasteiger partial charge in [0.25, 0.3) is 5.91 Å². The van der Waals surface area contributed by atoms with Crippen molar-refractivity contribution in [2.75, 3.05) is 0 Å². The van der Waals surface area contributed by atoms with E-state index in [-0.39, 0.29) is 4.80 Å². The number of hydrogen-bond acceptors (Lipinski definition) is 2. The molecule has 1 heterocycles. The number of nitrogens with zero attached hydrogens (tertiary/aromatic N) is 2. The fourth-order valence-electron chi connectivity index (χ4n) is 2.33. The first-order valence-corrected chi connectivity index (χ1v) is 8.62. The molecule has 3 nitrogen and oxygen atoms in total. The molecule has 0 atom stereocenters. The lowest BCUT2D eigenvalue weighted by Crippen LogP contribution is -2.17. The van der Waals surface area contributed by atoms with Crippen LogP contribution in [0.5, 0.6) is 0 Å². The Morgan fingerprint density at radius 2 is 1.92 bits per heavy atom. The molecule has 0 bridgehead atoms. The highest BCUT2D eigenvalue weighted by Gasteiger charge is 2.18. The van der Waals surface area contributed by atoms with Crippen LogP contribution in [0.1, 0.15) is 10.4 Å². The molecule has 0 N–H and O–H groups in total. The van der Waals surface area contributed by atoms with Gasteiger partial charge in [0.15, 0.2) is 4.80 Å². The Bertz CT molecular complexity index is 1050. The first kappa shape index (κ1) is 17.8. The van der Waals surface area contributed by atoms with Gasteiger partial charge >= 0.3 is 0 Å². The molecular weight excluding hydrogens is 389 g/mol. The summed E-state index contributed by atoms with van der Waals surface area (Å²) in [5, 5.41) is 0.658. The van der Waals surface area contributed by atoms with E-state index in [2.05, 4.69) is 11.6 Å². The second-order valence-corrected chi connectivity index (χ2v) is 6.80. The van der Waals surface area contributed by atoms with Gasteiger partial charge in [-0.05, 0) is 24.3 Å². The quantitative estimate of drug-likeness (QED) is 0.557. The number of rotatable bonds is 3. The molecule has 2 aromatic carbocycles. The summed E-state index contributed by atoms with van der Waals surface area (Å²) >= 11 is 13.5. The van der Waals surface area contributed by atoms with Crippen molar-refractivity contribution in [1.82, 2.24) is 4.57 Å². The predicted octanol–water partition coefficient (Wildman–Crippen LogP) is 5.21. The van der Waals surface area contributed by atoms with Gasteiger partial charge in [-0.1, -0.05) is 46.7 Å². The predicted molar refractivity (Wildman–Crippen MR) is 96.3 cm³/mol. The van der Waals surface area contributed by atoms with Crippen molar-refractivity contribution >= 4 is 50.7 Å². The molecule has 0 aliphatic heterocycles. The second kappa shape index (κ2) is 7.07. The maximum atomic E-state index is 13.8. The summed E-state index contributed by atoms with van der Waals surface area (Å²) in [5.41, 5.74) is -0.117. The Morgan fingerprint density at radius 3 is 2.56 bits per heavy atom. The number of hydrogen-bond donors (Lipinski definition) is 0. The summed E-state index contributed by atoms with van der Waals surface area (Å²) in [6.07, 6.45) is 1.59. The molecule has 8 heteroatoms. The summed E-state index contributed by atoms with van der Waals surface area (Å²) in [7, 11) is 0. The minimum Gasteiger partial charge on any atom is -0.311 e. The molecule has 1 aromatic heterocycles. The Hall–Kier alpha value is -2.02. The summed E-state index contributed by atoms with van der Waals surface area (Å²) in [5.74, 6) is -2.94. The van der Waals surface area contributed by atoms with Gasteiger partial charge in [-0.15, -0.1) is 6.58 Å². The highest BCUT2D eigenvalue weighted by Crippen LogP contribution is 2.32. The van der Waals surface area contributed by atoms with Crippen molar-refractivity contribution in [2.24, 2.45) is 4.99 Å². The van der Waals surface area contributed by atoms with Gasteiger partial charge in [0.2, 0.25) is 0 Å². The zero-order valence-corrected chi connectivity index (χ0v) is 14.9. The number of halogens is 4. The molecule has 0 saturated heterocycles. The van der Waals surface area contributed by atoms with E-state index in [1.165, 1.54) is 6.07 Å². The molecule has 0 aliphatic carbocycles. The third kappa shape index (κ3) is 3.25. The number of benzene rings is 2. The van der Waals surface area contributed by atoms with Gasteiger partial charge in [-0.2, -0.15) is 4.99 Å². The zero-order chi connectivity index (χ0) is 18.1. The lowest BCUT2D eigenvalue weighted by atomic mass is 10.2.